The van der Waals surface area contributed by atoms with Crippen molar-refractivity contribution in [3.05, 3.63) is 0 Å². The molecule has 5 heteroatoms. The Kier molecular flexibility index (Phi) is 3.60. The van der Waals surface area contributed by atoms with Crippen LogP contribution in [0.15, 0.2) is 0 Å². The Morgan fingerprint density at radius 3 is 2.58 bits per heavy atom. The van der Waals surface area contributed by atoms with Gasteiger partial charge in [-0.05, 0) is 47.0 Å². The first kappa shape index (κ1) is 14.3. The number of ether oxygens (including phenoxy) is 1. The van der Waals surface area contributed by atoms with E-state index in [2.05, 4.69) is 5.32 Å². The summed E-state index contributed by atoms with van der Waals surface area (Å²) in [4.78, 5) is 26.3. The summed E-state index contributed by atoms with van der Waals surface area (Å²) in [5.74, 6) is -0.112. The lowest BCUT2D eigenvalue weighted by Gasteiger charge is -2.47. The number of nitrogens with one attached hydrogen (secondary N) is 1. The molecule has 0 spiro atoms. The summed E-state index contributed by atoms with van der Waals surface area (Å²) in [6.45, 7) is 8.49. The zero-order valence-corrected chi connectivity index (χ0v) is 12.3. The SMILES string of the molecule is CC1(C)NC(=O)C(C)(C)N(CCC2CCCO2)C1=O. The van der Waals surface area contributed by atoms with Crippen LogP contribution in [0.5, 0.6) is 0 Å². The van der Waals surface area contributed by atoms with Gasteiger partial charge in [0.05, 0.1) is 6.10 Å². The van der Waals surface area contributed by atoms with E-state index in [0.717, 1.165) is 25.9 Å². The van der Waals surface area contributed by atoms with E-state index in [4.69, 9.17) is 4.74 Å². The fourth-order valence-corrected chi connectivity index (χ4v) is 2.73. The lowest BCUT2D eigenvalue weighted by molar-refractivity contribution is -0.159. The lowest BCUT2D eigenvalue weighted by atomic mass is 9.89. The van der Waals surface area contributed by atoms with Gasteiger partial charge in [0, 0.05) is 13.2 Å². The monoisotopic (exact) mass is 268 g/mol. The number of rotatable bonds is 3. The van der Waals surface area contributed by atoms with E-state index >= 15 is 0 Å². The normalized spacial score (nSPS) is 29.5. The molecule has 0 aromatic rings. The molecule has 0 aromatic carbocycles. The van der Waals surface area contributed by atoms with Gasteiger partial charge in [0.25, 0.3) is 0 Å². The molecule has 2 fully saturated rings. The third kappa shape index (κ3) is 2.61. The van der Waals surface area contributed by atoms with Crippen molar-refractivity contribution in [3.8, 4) is 0 Å². The number of hydrogen-bond acceptors (Lipinski definition) is 3. The van der Waals surface area contributed by atoms with Crippen molar-refractivity contribution >= 4 is 11.8 Å². The summed E-state index contributed by atoms with van der Waals surface area (Å²) in [5.41, 5.74) is -1.60. The van der Waals surface area contributed by atoms with Crippen molar-refractivity contribution < 1.29 is 14.3 Å². The highest BCUT2D eigenvalue weighted by Gasteiger charge is 2.49. The molecule has 1 unspecified atom stereocenters. The predicted octanol–water partition coefficient (Wildman–Crippen LogP) is 1.07. The lowest BCUT2D eigenvalue weighted by Crippen LogP contribution is -2.72. The number of piperazine rings is 1. The molecule has 108 valence electrons. The van der Waals surface area contributed by atoms with E-state index in [-0.39, 0.29) is 17.9 Å². The van der Waals surface area contributed by atoms with Crippen LogP contribution in [-0.4, -0.2) is 47.0 Å². The summed E-state index contributed by atoms with van der Waals surface area (Å²) in [5, 5.41) is 2.79. The second kappa shape index (κ2) is 4.78. The van der Waals surface area contributed by atoms with E-state index in [0.29, 0.717) is 6.54 Å². The molecular formula is C14H24N2O3. The van der Waals surface area contributed by atoms with Crippen LogP contribution in [-0.2, 0) is 14.3 Å². The molecule has 0 aromatic heterocycles. The molecule has 2 amide bonds. The number of hydrogen-bond donors (Lipinski definition) is 1. The molecule has 2 heterocycles. The number of nitrogens with zero attached hydrogens (tertiary/aromatic N) is 1. The van der Waals surface area contributed by atoms with Gasteiger partial charge in [-0.1, -0.05) is 0 Å². The van der Waals surface area contributed by atoms with E-state index in [9.17, 15) is 9.59 Å². The fourth-order valence-electron chi connectivity index (χ4n) is 2.73. The average Bonchev–Trinajstić information content (AvgIpc) is 2.79. The van der Waals surface area contributed by atoms with Gasteiger partial charge in [0.1, 0.15) is 11.1 Å². The van der Waals surface area contributed by atoms with Crippen LogP contribution < -0.4 is 5.32 Å². The summed E-state index contributed by atoms with van der Waals surface area (Å²) < 4.78 is 5.59. The van der Waals surface area contributed by atoms with Gasteiger partial charge in [0.2, 0.25) is 11.8 Å². The number of carbonyl (C=O) groups excluding carboxylic acids is 2. The minimum atomic E-state index is -0.816. The Morgan fingerprint density at radius 1 is 1.32 bits per heavy atom. The molecule has 0 aliphatic carbocycles. The Balaban J connectivity index is 2.09. The smallest absolute Gasteiger partial charge is 0.248 e. The molecule has 19 heavy (non-hydrogen) atoms. The number of carbonyl (C=O) groups is 2. The topological polar surface area (TPSA) is 58.6 Å². The molecule has 1 N–H and O–H groups in total. The summed E-state index contributed by atoms with van der Waals surface area (Å²) in [7, 11) is 0. The van der Waals surface area contributed by atoms with Gasteiger partial charge < -0.3 is 15.0 Å². The first-order valence-electron chi connectivity index (χ1n) is 7.01. The van der Waals surface area contributed by atoms with Crippen LogP contribution in [0.4, 0.5) is 0 Å². The van der Waals surface area contributed by atoms with Gasteiger partial charge in [-0.2, -0.15) is 0 Å². The molecule has 5 nitrogen and oxygen atoms in total. The van der Waals surface area contributed by atoms with Crippen LogP contribution in [0.2, 0.25) is 0 Å². The molecule has 0 radical (unpaired) electrons. The Hall–Kier alpha value is -1.10. The maximum atomic E-state index is 12.5. The third-order valence-corrected chi connectivity index (χ3v) is 4.13. The van der Waals surface area contributed by atoms with E-state index in [1.165, 1.54) is 0 Å². The van der Waals surface area contributed by atoms with E-state index in [1.807, 2.05) is 0 Å². The highest BCUT2D eigenvalue weighted by molar-refractivity contribution is 6.01. The van der Waals surface area contributed by atoms with Gasteiger partial charge in [-0.15, -0.1) is 0 Å². The molecule has 2 saturated heterocycles. The quantitative estimate of drug-likeness (QED) is 0.833. The maximum absolute atomic E-state index is 12.5. The van der Waals surface area contributed by atoms with Crippen molar-refractivity contribution in [2.24, 2.45) is 0 Å². The van der Waals surface area contributed by atoms with Gasteiger partial charge in [-0.3, -0.25) is 9.59 Å². The third-order valence-electron chi connectivity index (χ3n) is 4.13. The Labute approximate surface area is 114 Å². The van der Waals surface area contributed by atoms with E-state index < -0.39 is 11.1 Å². The van der Waals surface area contributed by atoms with Crippen LogP contribution in [0, 0.1) is 0 Å². The Bertz CT molecular complexity index is 384. The largest absolute Gasteiger partial charge is 0.378 e. The molecule has 0 bridgehead atoms. The summed E-state index contributed by atoms with van der Waals surface area (Å²) in [6.07, 6.45) is 3.18. The molecule has 2 aliphatic rings. The highest BCUT2D eigenvalue weighted by Crippen LogP contribution is 2.27. The second-order valence-electron chi connectivity index (χ2n) is 6.52. The molecule has 2 rings (SSSR count). The predicted molar refractivity (Wildman–Crippen MR) is 71.6 cm³/mol. The molecule has 2 aliphatic heterocycles. The van der Waals surface area contributed by atoms with Crippen molar-refractivity contribution in [2.45, 2.75) is 64.1 Å². The van der Waals surface area contributed by atoms with Crippen molar-refractivity contribution in [1.82, 2.24) is 10.2 Å². The van der Waals surface area contributed by atoms with Crippen molar-refractivity contribution in [1.29, 1.82) is 0 Å². The Morgan fingerprint density at radius 2 is 2.00 bits per heavy atom. The molecule has 1 atom stereocenters. The zero-order chi connectivity index (χ0) is 14.3. The van der Waals surface area contributed by atoms with Crippen LogP contribution in [0.3, 0.4) is 0 Å². The van der Waals surface area contributed by atoms with Crippen LogP contribution >= 0.6 is 0 Å². The second-order valence-corrected chi connectivity index (χ2v) is 6.52. The number of amides is 2. The first-order valence-corrected chi connectivity index (χ1v) is 7.01. The van der Waals surface area contributed by atoms with Crippen LogP contribution in [0.25, 0.3) is 0 Å². The minimum absolute atomic E-state index is 0.0184. The van der Waals surface area contributed by atoms with Gasteiger partial charge in [-0.25, -0.2) is 0 Å². The van der Waals surface area contributed by atoms with E-state index in [1.54, 1.807) is 32.6 Å². The maximum Gasteiger partial charge on any atom is 0.248 e. The molecule has 0 saturated carbocycles. The summed E-state index contributed by atoms with van der Waals surface area (Å²) >= 11 is 0. The molecular weight excluding hydrogens is 244 g/mol. The fraction of sp³-hybridized carbons (Fsp3) is 0.857. The summed E-state index contributed by atoms with van der Waals surface area (Å²) in [6, 6.07) is 0. The van der Waals surface area contributed by atoms with Crippen molar-refractivity contribution in [2.75, 3.05) is 13.2 Å². The standard InChI is InChI=1S/C14H24N2O3/c1-13(2)12(18)16(14(3,4)11(17)15-13)8-7-10-6-5-9-19-10/h10H,5-9H2,1-4H3,(H,15,17). The highest BCUT2D eigenvalue weighted by atomic mass is 16.5. The zero-order valence-electron chi connectivity index (χ0n) is 12.3. The average molecular weight is 268 g/mol. The van der Waals surface area contributed by atoms with Gasteiger partial charge in [0.15, 0.2) is 0 Å². The minimum Gasteiger partial charge on any atom is -0.378 e. The van der Waals surface area contributed by atoms with Gasteiger partial charge >= 0.3 is 0 Å². The van der Waals surface area contributed by atoms with Crippen molar-refractivity contribution in [3.63, 3.8) is 0 Å². The van der Waals surface area contributed by atoms with Crippen LogP contribution in [0.1, 0.15) is 47.0 Å². The first-order chi connectivity index (χ1) is 8.75.